The highest BCUT2D eigenvalue weighted by Crippen LogP contribution is 2.37. The zero-order chi connectivity index (χ0) is 35.5. The van der Waals surface area contributed by atoms with Crippen LogP contribution in [0.3, 0.4) is 0 Å². The van der Waals surface area contributed by atoms with Crippen LogP contribution in [0.2, 0.25) is 0 Å². The first-order chi connectivity index (χ1) is 22.8. The van der Waals surface area contributed by atoms with Crippen LogP contribution in [0.4, 0.5) is 8.78 Å². The highest BCUT2D eigenvalue weighted by molar-refractivity contribution is 5.76. The summed E-state index contributed by atoms with van der Waals surface area (Å²) < 4.78 is 39.1. The molecule has 1 aliphatic carbocycles. The fraction of sp³-hybridized carbons (Fsp3) is 0.613. The molecule has 1 aromatic rings. The van der Waals surface area contributed by atoms with Gasteiger partial charge in [-0.3, -0.25) is 9.59 Å². The van der Waals surface area contributed by atoms with E-state index in [-0.39, 0.29) is 38.7 Å². The third-order valence-electron chi connectivity index (χ3n) is 7.41. The average molecular weight is 688 g/mol. The summed E-state index contributed by atoms with van der Waals surface area (Å²) >= 11 is 0. The molecule has 0 heterocycles. The lowest BCUT2D eigenvalue weighted by Crippen LogP contribution is -2.36. The van der Waals surface area contributed by atoms with Crippen molar-refractivity contribution in [2.45, 2.75) is 88.6 Å². The molecular weight excluding hydrogens is 644 g/mol. The van der Waals surface area contributed by atoms with Gasteiger partial charge < -0.3 is 34.7 Å². The fourth-order valence-corrected chi connectivity index (χ4v) is 5.04. The number of para-hydroxylation sites is 1. The zero-order valence-electron chi connectivity index (χ0n) is 26.6. The van der Waals surface area contributed by atoms with Crippen molar-refractivity contribution in [1.82, 2.24) is 5.32 Å². The number of nitrogens with one attached hydrogen (secondary N) is 1. The van der Waals surface area contributed by atoms with Crippen LogP contribution in [0.25, 0.3) is 0 Å². The van der Waals surface area contributed by atoms with Crippen LogP contribution in [0.5, 0.6) is 5.75 Å². The van der Waals surface area contributed by atoms with E-state index in [9.17, 15) is 48.8 Å². The number of aliphatic hydroxyl groups excluding tert-OH is 2. The van der Waals surface area contributed by atoms with Gasteiger partial charge in [-0.05, 0) is 63.2 Å². The number of nitrogens with zero attached hydrogens (tertiary/aromatic N) is 2. The number of carbonyl (C=O) groups excluding carboxylic acids is 2. The molecule has 1 aliphatic rings. The first kappa shape index (κ1) is 39.8. The molecule has 15 nitrogen and oxygen atoms in total. The average Bonchev–Trinajstić information content (AvgIpc) is 3.29. The van der Waals surface area contributed by atoms with Gasteiger partial charge in [0.1, 0.15) is 25.1 Å². The van der Waals surface area contributed by atoms with Crippen LogP contribution >= 0.6 is 0 Å². The van der Waals surface area contributed by atoms with E-state index in [4.69, 9.17) is 9.47 Å². The van der Waals surface area contributed by atoms with Gasteiger partial charge >= 0.3 is 5.97 Å². The number of benzene rings is 1. The first-order valence-electron chi connectivity index (χ1n) is 15.6. The van der Waals surface area contributed by atoms with Crippen molar-refractivity contribution in [2.24, 2.45) is 11.8 Å². The lowest BCUT2D eigenvalue weighted by atomic mass is 9.89. The number of unbranched alkanes of at least 4 members (excludes halogenated alkanes) is 1. The topological polar surface area (TPSA) is 210 Å². The van der Waals surface area contributed by atoms with Crippen LogP contribution < -0.4 is 10.1 Å². The van der Waals surface area contributed by atoms with Crippen LogP contribution in [0.1, 0.15) is 58.3 Å². The monoisotopic (exact) mass is 687 g/mol. The molecule has 2 rings (SSSR count). The lowest BCUT2D eigenvalue weighted by molar-refractivity contribution is -0.790. The van der Waals surface area contributed by atoms with Gasteiger partial charge in [-0.25, -0.2) is 0 Å². The van der Waals surface area contributed by atoms with Crippen molar-refractivity contribution in [3.05, 3.63) is 74.9 Å². The normalized spacial score (nSPS) is 20.7. The van der Waals surface area contributed by atoms with E-state index >= 15 is 0 Å². The van der Waals surface area contributed by atoms with Crippen LogP contribution in [0, 0.1) is 32.1 Å². The number of carbonyl (C=O) groups is 2. The molecule has 6 atom stereocenters. The Morgan fingerprint density at radius 3 is 2.48 bits per heavy atom. The Labute approximate surface area is 276 Å². The SMILES string of the molecule is C[C@@H](COC(=O)CCCC=CC[C@@H]1[C@@H](C=CC(F)(F)COc2ccccc2)[C@H](O)C[C@@H]1O)NC(=O)CCCC(CO[N+](=O)[O-])O[N+](=O)[O-]. The predicted molar refractivity (Wildman–Crippen MR) is 164 cm³/mol. The Kier molecular flexibility index (Phi) is 17.2. The van der Waals surface area contributed by atoms with E-state index < -0.39 is 77.4 Å². The first-order valence-corrected chi connectivity index (χ1v) is 15.6. The molecule has 0 saturated heterocycles. The molecular formula is C31H43F2N3O12. The minimum Gasteiger partial charge on any atom is -0.487 e. The maximum Gasteiger partial charge on any atom is 0.305 e. The van der Waals surface area contributed by atoms with E-state index in [1.54, 1.807) is 49.4 Å². The molecule has 17 heteroatoms. The minimum absolute atomic E-state index is 0.0365. The Balaban J connectivity index is 1.65. The summed E-state index contributed by atoms with van der Waals surface area (Å²) in [5, 5.41) is 42.0. The number of ether oxygens (including phenoxy) is 2. The molecule has 1 aromatic carbocycles. The summed E-state index contributed by atoms with van der Waals surface area (Å²) in [7, 11) is 0. The molecule has 48 heavy (non-hydrogen) atoms. The fourth-order valence-electron chi connectivity index (χ4n) is 5.04. The second-order valence-electron chi connectivity index (χ2n) is 11.4. The number of allylic oxidation sites excluding steroid dienone is 2. The largest absolute Gasteiger partial charge is 0.487 e. The molecule has 0 aliphatic heterocycles. The molecule has 0 spiro atoms. The second-order valence-corrected chi connectivity index (χ2v) is 11.4. The van der Waals surface area contributed by atoms with E-state index in [1.165, 1.54) is 6.08 Å². The van der Waals surface area contributed by atoms with Crippen molar-refractivity contribution in [2.75, 3.05) is 19.8 Å². The van der Waals surface area contributed by atoms with Gasteiger partial charge in [0, 0.05) is 25.2 Å². The van der Waals surface area contributed by atoms with Gasteiger partial charge in [0.2, 0.25) is 5.91 Å². The van der Waals surface area contributed by atoms with Gasteiger partial charge in [-0.1, -0.05) is 36.4 Å². The smallest absolute Gasteiger partial charge is 0.305 e. The quantitative estimate of drug-likeness (QED) is 0.0494. The molecule has 1 unspecified atom stereocenters. The number of aliphatic hydroxyl groups is 2. The van der Waals surface area contributed by atoms with Crippen molar-refractivity contribution < 1.29 is 57.9 Å². The molecule has 0 aromatic heterocycles. The third-order valence-corrected chi connectivity index (χ3v) is 7.41. The molecule has 1 saturated carbocycles. The van der Waals surface area contributed by atoms with Crippen molar-refractivity contribution in [3.8, 4) is 5.75 Å². The highest BCUT2D eigenvalue weighted by atomic mass is 19.3. The van der Waals surface area contributed by atoms with E-state index in [2.05, 4.69) is 15.0 Å². The molecule has 1 amide bonds. The van der Waals surface area contributed by atoms with Crippen LogP contribution in [-0.2, 0) is 24.0 Å². The standard InChI is InChI=1S/C31H43F2N3O12/c1-22(34-29(39)14-9-12-24(48-36(43)44)20-47-35(41)42)19-45-30(40)15-8-3-2-7-13-25-26(28(38)18-27(25)37)16-17-31(32,33)21-46-23-10-5-4-6-11-23/h2,4-7,10-11,16-17,22,24-28,37-38H,3,8-9,12-15,18-21H2,1H3,(H,34,39)/t22-,24?,25+,26+,27-,28+/m0/s1. The molecule has 1 fully saturated rings. The number of esters is 1. The Bertz CT molecular complexity index is 1220. The predicted octanol–water partition coefficient (Wildman–Crippen LogP) is 3.73. The molecule has 3 N–H and O–H groups in total. The summed E-state index contributed by atoms with van der Waals surface area (Å²) in [6.45, 7) is 0.0189. The van der Waals surface area contributed by atoms with Gasteiger partial charge in [-0.2, -0.15) is 8.78 Å². The third kappa shape index (κ3) is 16.4. The Morgan fingerprint density at radius 2 is 1.79 bits per heavy atom. The second kappa shape index (κ2) is 20.8. The lowest BCUT2D eigenvalue weighted by Gasteiger charge is -2.20. The van der Waals surface area contributed by atoms with E-state index in [1.807, 2.05) is 0 Å². The summed E-state index contributed by atoms with van der Waals surface area (Å²) in [6.07, 6.45) is 4.04. The molecule has 0 radical (unpaired) electrons. The number of halogens is 2. The van der Waals surface area contributed by atoms with Gasteiger partial charge in [-0.15, -0.1) is 20.2 Å². The van der Waals surface area contributed by atoms with Crippen molar-refractivity contribution >= 4 is 11.9 Å². The van der Waals surface area contributed by atoms with Crippen LogP contribution in [-0.4, -0.2) is 82.4 Å². The van der Waals surface area contributed by atoms with Crippen molar-refractivity contribution in [1.29, 1.82) is 0 Å². The number of hydrogen-bond acceptors (Lipinski definition) is 12. The van der Waals surface area contributed by atoms with E-state index in [0.29, 0.717) is 31.1 Å². The highest BCUT2D eigenvalue weighted by Gasteiger charge is 2.40. The molecule has 268 valence electrons. The molecule has 0 bridgehead atoms. The van der Waals surface area contributed by atoms with E-state index in [0.717, 1.165) is 0 Å². The minimum atomic E-state index is -3.27. The van der Waals surface area contributed by atoms with Crippen molar-refractivity contribution in [3.63, 3.8) is 0 Å². The van der Waals surface area contributed by atoms with Gasteiger partial charge in [0.15, 0.2) is 6.61 Å². The number of rotatable bonds is 23. The summed E-state index contributed by atoms with van der Waals surface area (Å²) in [4.78, 5) is 53.4. The summed E-state index contributed by atoms with van der Waals surface area (Å²) in [5.41, 5.74) is 0. The Morgan fingerprint density at radius 1 is 1.06 bits per heavy atom. The van der Waals surface area contributed by atoms with Gasteiger partial charge in [0.05, 0.1) is 18.2 Å². The summed E-state index contributed by atoms with van der Waals surface area (Å²) in [5.74, 6) is -4.98. The Hall–Kier alpha value is -4.38. The summed E-state index contributed by atoms with van der Waals surface area (Å²) in [6, 6.07) is 7.71. The maximum atomic E-state index is 14.4. The number of amides is 1. The maximum absolute atomic E-state index is 14.4. The van der Waals surface area contributed by atoms with Gasteiger partial charge in [0.25, 0.3) is 16.1 Å². The number of hydrogen-bond donors (Lipinski definition) is 3. The zero-order valence-corrected chi connectivity index (χ0v) is 26.6. The van der Waals surface area contributed by atoms with Crippen LogP contribution in [0.15, 0.2) is 54.6 Å². The number of alkyl halides is 2.